The number of nitrogens with zero attached hydrogens (tertiary/aromatic N) is 1. The summed E-state index contributed by atoms with van der Waals surface area (Å²) >= 11 is 6.23. The molecule has 3 rings (SSSR count). The van der Waals surface area contributed by atoms with Crippen molar-refractivity contribution in [1.29, 1.82) is 0 Å². The first-order chi connectivity index (χ1) is 14.9. The van der Waals surface area contributed by atoms with Gasteiger partial charge >= 0.3 is 0 Å². The SMILES string of the molecule is C=CCN(c1ccccc1)S(=O)(=O)c1cc(C(=O)Nc2ccc(OC)cc2)ccc1Cl. The molecule has 0 aliphatic heterocycles. The normalized spacial score (nSPS) is 10.9. The highest BCUT2D eigenvalue weighted by atomic mass is 35.5. The van der Waals surface area contributed by atoms with Gasteiger partial charge in [-0.2, -0.15) is 0 Å². The molecule has 3 aromatic rings. The summed E-state index contributed by atoms with van der Waals surface area (Å²) in [5, 5.41) is 2.75. The number of ether oxygens (including phenoxy) is 1. The van der Waals surface area contributed by atoms with Gasteiger partial charge in [-0.25, -0.2) is 8.42 Å². The van der Waals surface area contributed by atoms with Gasteiger partial charge < -0.3 is 10.1 Å². The molecule has 0 atom stereocenters. The molecule has 3 aromatic carbocycles. The molecule has 1 amide bonds. The lowest BCUT2D eigenvalue weighted by Gasteiger charge is -2.24. The molecule has 0 saturated carbocycles. The van der Waals surface area contributed by atoms with E-state index in [0.29, 0.717) is 17.1 Å². The van der Waals surface area contributed by atoms with E-state index in [4.69, 9.17) is 16.3 Å². The van der Waals surface area contributed by atoms with Crippen molar-refractivity contribution in [2.45, 2.75) is 4.90 Å². The van der Waals surface area contributed by atoms with Crippen LogP contribution in [0.15, 0.2) is 90.3 Å². The van der Waals surface area contributed by atoms with Gasteiger partial charge in [0.2, 0.25) is 0 Å². The number of anilines is 2. The summed E-state index contributed by atoms with van der Waals surface area (Å²) in [5.41, 5.74) is 1.17. The molecule has 0 unspecified atom stereocenters. The molecule has 160 valence electrons. The zero-order valence-electron chi connectivity index (χ0n) is 16.8. The molecule has 1 N–H and O–H groups in total. The molecule has 6 nitrogen and oxygen atoms in total. The topological polar surface area (TPSA) is 75.7 Å². The maximum absolute atomic E-state index is 13.4. The summed E-state index contributed by atoms with van der Waals surface area (Å²) in [4.78, 5) is 12.5. The molecule has 31 heavy (non-hydrogen) atoms. The Kier molecular flexibility index (Phi) is 6.99. The number of rotatable bonds is 8. The second-order valence-corrected chi connectivity index (χ2v) is 8.73. The van der Waals surface area contributed by atoms with Crippen LogP contribution < -0.4 is 14.4 Å². The van der Waals surface area contributed by atoms with Crippen LogP contribution >= 0.6 is 11.6 Å². The second kappa shape index (κ2) is 9.68. The zero-order valence-corrected chi connectivity index (χ0v) is 18.4. The first-order valence-electron chi connectivity index (χ1n) is 9.30. The fourth-order valence-electron chi connectivity index (χ4n) is 2.89. The van der Waals surface area contributed by atoms with Crippen molar-refractivity contribution in [1.82, 2.24) is 0 Å². The van der Waals surface area contributed by atoms with Crippen molar-refractivity contribution in [3.05, 3.63) is 96.0 Å². The van der Waals surface area contributed by atoms with E-state index in [-0.39, 0.29) is 22.0 Å². The fourth-order valence-corrected chi connectivity index (χ4v) is 4.83. The minimum atomic E-state index is -4.05. The lowest BCUT2D eigenvalue weighted by atomic mass is 10.2. The highest BCUT2D eigenvalue weighted by Crippen LogP contribution is 2.29. The van der Waals surface area contributed by atoms with Crippen molar-refractivity contribution in [3.8, 4) is 5.75 Å². The van der Waals surface area contributed by atoms with Gasteiger partial charge in [-0.3, -0.25) is 9.10 Å². The van der Waals surface area contributed by atoms with Gasteiger partial charge in [0, 0.05) is 11.3 Å². The number of carbonyl (C=O) groups is 1. The Balaban J connectivity index is 1.94. The molecule has 8 heteroatoms. The number of sulfonamides is 1. The molecule has 0 radical (unpaired) electrons. The van der Waals surface area contributed by atoms with Crippen LogP contribution in [0.5, 0.6) is 5.75 Å². The van der Waals surface area contributed by atoms with Gasteiger partial charge in [0.15, 0.2) is 0 Å². The standard InChI is InChI=1S/C23H21ClN2O4S/c1-3-15-26(19-7-5-4-6-8-19)31(28,29)22-16-17(9-14-21(22)24)23(27)25-18-10-12-20(30-2)13-11-18/h3-14,16H,1,15H2,2H3,(H,25,27). The molecule has 0 heterocycles. The van der Waals surface area contributed by atoms with E-state index < -0.39 is 15.9 Å². The van der Waals surface area contributed by atoms with E-state index in [1.165, 1.54) is 28.6 Å². The Hall–Kier alpha value is -3.29. The highest BCUT2D eigenvalue weighted by molar-refractivity contribution is 7.93. The van der Waals surface area contributed by atoms with Gasteiger partial charge in [-0.15, -0.1) is 6.58 Å². The molecule has 0 bridgehead atoms. The van der Waals surface area contributed by atoms with E-state index in [2.05, 4.69) is 11.9 Å². The van der Waals surface area contributed by atoms with Gasteiger partial charge in [-0.05, 0) is 54.6 Å². The van der Waals surface area contributed by atoms with Gasteiger partial charge in [0.25, 0.3) is 15.9 Å². The minimum absolute atomic E-state index is 0.0194. The van der Waals surface area contributed by atoms with Crippen LogP contribution in [0.1, 0.15) is 10.4 Å². The third kappa shape index (κ3) is 5.07. The molecular weight excluding hydrogens is 436 g/mol. The quantitative estimate of drug-likeness (QED) is 0.485. The van der Waals surface area contributed by atoms with Crippen LogP contribution in [-0.4, -0.2) is 28.0 Å². The molecule has 0 aliphatic rings. The largest absolute Gasteiger partial charge is 0.497 e. The van der Waals surface area contributed by atoms with E-state index >= 15 is 0 Å². The van der Waals surface area contributed by atoms with Crippen LogP contribution in [0.25, 0.3) is 0 Å². The number of carbonyl (C=O) groups excluding carboxylic acids is 1. The lowest BCUT2D eigenvalue weighted by molar-refractivity contribution is 0.102. The average Bonchev–Trinajstić information content (AvgIpc) is 2.78. The number of hydrogen-bond donors (Lipinski definition) is 1. The number of methoxy groups -OCH3 is 1. The van der Waals surface area contributed by atoms with E-state index in [0.717, 1.165) is 0 Å². The Morgan fingerprint density at radius 3 is 2.39 bits per heavy atom. The van der Waals surface area contributed by atoms with E-state index in [9.17, 15) is 13.2 Å². The summed E-state index contributed by atoms with van der Waals surface area (Å²) in [5.74, 6) is 0.189. The maximum Gasteiger partial charge on any atom is 0.266 e. The predicted molar refractivity (Wildman–Crippen MR) is 124 cm³/mol. The lowest BCUT2D eigenvalue weighted by Crippen LogP contribution is -2.31. The molecular formula is C23H21ClN2O4S. The van der Waals surface area contributed by atoms with E-state index in [1.807, 2.05) is 0 Å². The first kappa shape index (κ1) is 22.4. The molecule has 0 aliphatic carbocycles. The van der Waals surface area contributed by atoms with Crippen LogP contribution in [-0.2, 0) is 10.0 Å². The minimum Gasteiger partial charge on any atom is -0.497 e. The first-order valence-corrected chi connectivity index (χ1v) is 11.1. The Labute approximate surface area is 186 Å². The Morgan fingerprint density at radius 1 is 1.10 bits per heavy atom. The summed E-state index contributed by atoms with van der Waals surface area (Å²) in [6, 6.07) is 19.6. The number of nitrogens with one attached hydrogen (secondary N) is 1. The van der Waals surface area contributed by atoms with Gasteiger partial charge in [-0.1, -0.05) is 35.9 Å². The summed E-state index contributed by atoms with van der Waals surface area (Å²) in [6.07, 6.45) is 1.48. The number of para-hydroxylation sites is 1. The third-order valence-corrected chi connectivity index (χ3v) is 6.72. The van der Waals surface area contributed by atoms with Crippen molar-refractivity contribution >= 4 is 38.9 Å². The monoisotopic (exact) mass is 456 g/mol. The summed E-state index contributed by atoms with van der Waals surface area (Å²) < 4.78 is 33.1. The highest BCUT2D eigenvalue weighted by Gasteiger charge is 2.27. The van der Waals surface area contributed by atoms with Gasteiger partial charge in [0.05, 0.1) is 24.4 Å². The fraction of sp³-hybridized carbons (Fsp3) is 0.0870. The summed E-state index contributed by atoms with van der Waals surface area (Å²) in [7, 11) is -2.50. The molecule has 0 fully saturated rings. The zero-order chi connectivity index (χ0) is 22.4. The number of amides is 1. The Bertz CT molecular complexity index is 1180. The van der Waals surface area contributed by atoms with Crippen LogP contribution in [0.2, 0.25) is 5.02 Å². The number of hydrogen-bond acceptors (Lipinski definition) is 4. The summed E-state index contributed by atoms with van der Waals surface area (Å²) in [6.45, 7) is 3.69. The molecule has 0 saturated heterocycles. The van der Waals surface area contributed by atoms with Crippen molar-refractivity contribution in [2.24, 2.45) is 0 Å². The molecule has 0 aromatic heterocycles. The average molecular weight is 457 g/mol. The second-order valence-electron chi connectivity index (χ2n) is 6.49. The predicted octanol–water partition coefficient (Wildman–Crippen LogP) is 4.98. The molecule has 0 spiro atoms. The van der Waals surface area contributed by atoms with Crippen molar-refractivity contribution < 1.29 is 17.9 Å². The van der Waals surface area contributed by atoms with Crippen molar-refractivity contribution in [2.75, 3.05) is 23.3 Å². The van der Waals surface area contributed by atoms with Crippen LogP contribution in [0.3, 0.4) is 0 Å². The number of benzene rings is 3. The van der Waals surface area contributed by atoms with Crippen LogP contribution in [0.4, 0.5) is 11.4 Å². The maximum atomic E-state index is 13.4. The Morgan fingerprint density at radius 2 is 1.77 bits per heavy atom. The smallest absolute Gasteiger partial charge is 0.266 e. The van der Waals surface area contributed by atoms with Crippen LogP contribution in [0, 0.1) is 0 Å². The van der Waals surface area contributed by atoms with Gasteiger partial charge in [0.1, 0.15) is 10.6 Å². The van der Waals surface area contributed by atoms with Crippen molar-refractivity contribution in [3.63, 3.8) is 0 Å². The van der Waals surface area contributed by atoms with E-state index in [1.54, 1.807) is 61.7 Å². The third-order valence-electron chi connectivity index (χ3n) is 4.45. The number of halogens is 1.